The third kappa shape index (κ3) is 7.17. The number of rotatable bonds is 8. The number of carbonyl (C=O) groups is 1. The standard InChI is InChI=1S/3C7H12F.C6H6NO2.2Sn.H/c3*1-6-4-2-3-5-7(6)8;8-6(9)5-2-1-3-7-4-5;;;/h3*6-7H,1-5H2;1-3H,4H2,(H,8,9);;;/q;;;-1;2*+1;/p-1. The molecule has 0 bridgehead atoms. The van der Waals surface area contributed by atoms with E-state index in [0.29, 0.717) is 54.3 Å². The van der Waals surface area contributed by atoms with Crippen molar-refractivity contribution in [3.05, 3.63) is 23.9 Å². The first-order chi connectivity index (χ1) is 16.9. The zero-order valence-electron chi connectivity index (χ0n) is 21.0. The fourth-order valence-electron chi connectivity index (χ4n) is 7.33. The van der Waals surface area contributed by atoms with Crippen LogP contribution in [0.4, 0.5) is 13.2 Å². The van der Waals surface area contributed by atoms with Crippen molar-refractivity contribution in [3.63, 3.8) is 0 Å². The molecule has 6 unspecified atom stereocenters. The third-order valence-corrected chi connectivity index (χ3v) is 25.2. The van der Waals surface area contributed by atoms with Crippen LogP contribution in [-0.2, 0) is 7.87 Å². The topological polar surface area (TPSA) is 29.5 Å². The molecule has 1 aliphatic heterocycles. The summed E-state index contributed by atoms with van der Waals surface area (Å²) in [6.07, 6.45) is 13.8. The van der Waals surface area contributed by atoms with Crippen LogP contribution in [0.2, 0.25) is 13.3 Å². The predicted molar refractivity (Wildman–Crippen MR) is 138 cm³/mol. The first-order valence-corrected chi connectivity index (χ1v) is 22.6. The summed E-state index contributed by atoms with van der Waals surface area (Å²) >= 11 is -3.23. The van der Waals surface area contributed by atoms with Crippen molar-refractivity contribution in [1.82, 2.24) is 3.12 Å². The molecule has 3 nitrogen and oxygen atoms in total. The zero-order valence-corrected chi connectivity index (χ0v) is 27.1. The number of hydrogen-bond acceptors (Lipinski definition) is 3. The Hall–Kier alpha value is 0.137. The van der Waals surface area contributed by atoms with E-state index in [1.165, 1.54) is 0 Å². The second-order valence-corrected chi connectivity index (χ2v) is 24.4. The summed E-state index contributed by atoms with van der Waals surface area (Å²) in [5.41, 5.74) is 0.627. The maximum absolute atomic E-state index is 15.3. The van der Waals surface area contributed by atoms with Gasteiger partial charge in [-0.3, -0.25) is 0 Å². The summed E-state index contributed by atoms with van der Waals surface area (Å²) in [7, 11) is 0. The van der Waals surface area contributed by atoms with Gasteiger partial charge in [0, 0.05) is 0 Å². The number of carbonyl (C=O) groups excluding carboxylic acids is 1. The van der Waals surface area contributed by atoms with E-state index in [4.69, 9.17) is 3.07 Å². The molecular weight excluding hydrogens is 665 g/mol. The number of alkyl halides is 3. The van der Waals surface area contributed by atoms with Gasteiger partial charge < -0.3 is 0 Å². The average Bonchev–Trinajstić information content (AvgIpc) is 2.87. The van der Waals surface area contributed by atoms with Crippen molar-refractivity contribution in [3.8, 4) is 0 Å². The maximum atomic E-state index is 15.3. The summed E-state index contributed by atoms with van der Waals surface area (Å²) in [6, 6.07) is 0. The molecule has 0 aromatic carbocycles. The molecule has 35 heavy (non-hydrogen) atoms. The van der Waals surface area contributed by atoms with Crippen molar-refractivity contribution in [1.29, 1.82) is 0 Å². The van der Waals surface area contributed by atoms with Gasteiger partial charge in [0.2, 0.25) is 0 Å². The van der Waals surface area contributed by atoms with Crippen LogP contribution in [0.3, 0.4) is 0 Å². The molecule has 0 spiro atoms. The summed E-state index contributed by atoms with van der Waals surface area (Å²) in [5.74, 6) is -0.299. The van der Waals surface area contributed by atoms with Crippen LogP contribution in [0.1, 0.15) is 77.0 Å². The van der Waals surface area contributed by atoms with Gasteiger partial charge in [0.1, 0.15) is 0 Å². The molecule has 4 rings (SSSR count). The van der Waals surface area contributed by atoms with E-state index in [2.05, 4.69) is 9.32 Å². The molecule has 0 saturated heterocycles. The number of nitrogens with zero attached hydrogens (tertiary/aromatic N) is 1. The Morgan fingerprint density at radius 3 is 1.66 bits per heavy atom. The van der Waals surface area contributed by atoms with E-state index in [1.54, 1.807) is 0 Å². The van der Waals surface area contributed by atoms with Gasteiger partial charge in [-0.05, 0) is 0 Å². The fourth-order valence-corrected chi connectivity index (χ4v) is 26.1. The van der Waals surface area contributed by atoms with E-state index in [9.17, 15) is 4.79 Å². The Kier molecular flexibility index (Phi) is 10.7. The number of halogens is 3. The summed E-state index contributed by atoms with van der Waals surface area (Å²) in [4.78, 5) is 12.5. The van der Waals surface area contributed by atoms with Gasteiger partial charge in [0.05, 0.1) is 0 Å². The van der Waals surface area contributed by atoms with Gasteiger partial charge in [0.15, 0.2) is 0 Å². The van der Waals surface area contributed by atoms with Gasteiger partial charge in [-0.15, -0.1) is 0 Å². The Balaban J connectivity index is 1.69. The van der Waals surface area contributed by atoms with Crippen LogP contribution >= 0.6 is 0 Å². The van der Waals surface area contributed by atoms with Crippen molar-refractivity contribution in [2.45, 2.75) is 109 Å². The van der Waals surface area contributed by atoms with Crippen LogP contribution in [0.15, 0.2) is 23.9 Å². The molecule has 4 aliphatic rings. The Morgan fingerprint density at radius 2 is 1.26 bits per heavy atom. The van der Waals surface area contributed by atoms with Gasteiger partial charge >= 0.3 is 229 Å². The normalized spacial score (nSPS) is 35.8. The van der Waals surface area contributed by atoms with E-state index < -0.39 is 37.2 Å². The van der Waals surface area contributed by atoms with Gasteiger partial charge in [0.25, 0.3) is 0 Å². The van der Waals surface area contributed by atoms with Gasteiger partial charge in [-0.25, -0.2) is 0 Å². The summed E-state index contributed by atoms with van der Waals surface area (Å²) < 4.78 is 55.8. The molecule has 8 heteroatoms. The van der Waals surface area contributed by atoms with Crippen molar-refractivity contribution >= 4 is 47.6 Å². The quantitative estimate of drug-likeness (QED) is 0.266. The molecule has 0 aromatic heterocycles. The zero-order chi connectivity index (χ0) is 24.8. The predicted octanol–water partition coefficient (Wildman–Crippen LogP) is 6.63. The second kappa shape index (κ2) is 13.3. The molecule has 0 amide bonds. The monoisotopic (exact) mass is 709 g/mol. The first kappa shape index (κ1) is 28.2. The minimum atomic E-state index is -3.63. The van der Waals surface area contributed by atoms with Crippen molar-refractivity contribution in [2.75, 3.05) is 6.54 Å². The van der Waals surface area contributed by atoms with Crippen LogP contribution < -0.4 is 0 Å². The molecular formula is C27H42F3NO2Sn2. The molecule has 1 heterocycles. The van der Waals surface area contributed by atoms with E-state index in [1.807, 2.05) is 12.2 Å². The molecule has 3 saturated carbocycles. The molecule has 3 aliphatic carbocycles. The van der Waals surface area contributed by atoms with Gasteiger partial charge in [-0.2, -0.15) is 0 Å². The number of hydrogen-bond donors (Lipinski definition) is 0. The van der Waals surface area contributed by atoms with Crippen LogP contribution in [-0.4, -0.2) is 75.7 Å². The molecule has 6 atom stereocenters. The molecule has 0 N–H and O–H groups in total. The van der Waals surface area contributed by atoms with Gasteiger partial charge in [-0.1, -0.05) is 0 Å². The van der Waals surface area contributed by atoms with Crippen LogP contribution in [0.5, 0.6) is 0 Å². The fraction of sp³-hybridized carbons (Fsp3) is 0.815. The number of allylic oxidation sites excluding steroid dienone is 2. The third-order valence-electron chi connectivity index (χ3n) is 9.26. The summed E-state index contributed by atoms with van der Waals surface area (Å²) in [6.45, 7) is 0.462. The molecule has 2 radical (unpaired) electrons. The first-order valence-electron chi connectivity index (χ1n) is 13.9. The Morgan fingerprint density at radius 1 is 0.829 bits per heavy atom. The second-order valence-electron chi connectivity index (χ2n) is 11.6. The minimum absolute atomic E-state index is 0.00401. The van der Waals surface area contributed by atoms with E-state index in [-0.39, 0.29) is 23.7 Å². The summed E-state index contributed by atoms with van der Waals surface area (Å²) in [5, 5.41) is 0. The Labute approximate surface area is 227 Å². The van der Waals surface area contributed by atoms with E-state index >= 15 is 13.2 Å². The van der Waals surface area contributed by atoms with Crippen molar-refractivity contribution in [2.24, 2.45) is 17.8 Å². The van der Waals surface area contributed by atoms with Crippen molar-refractivity contribution < 1.29 is 21.0 Å². The molecule has 3 fully saturated rings. The van der Waals surface area contributed by atoms with E-state index in [0.717, 1.165) is 71.1 Å². The van der Waals surface area contributed by atoms with Crippen LogP contribution in [0, 0.1) is 17.8 Å². The SMILES string of the molecule is O=C([O][SnH])C1=CC=C[N]([Sn]([CH2]C2CCCCC2F)([CH2]C2CCCCC2F)[CH2]C2CCCCC2F)C1. The Bertz CT molecular complexity index is 720. The average molecular weight is 707 g/mol. The van der Waals surface area contributed by atoms with Crippen LogP contribution in [0.25, 0.3) is 0 Å². The molecule has 0 aromatic rings. The molecule has 196 valence electrons.